The molecule has 0 bridgehead atoms. The molecule has 4 aliphatic rings. The summed E-state index contributed by atoms with van der Waals surface area (Å²) in [4.78, 5) is 35.1. The average molecular weight is 815 g/mol. The predicted octanol–water partition coefficient (Wildman–Crippen LogP) is 7.42. The number of rotatable bonds is 7. The monoisotopic (exact) mass is 814 g/mol. The van der Waals surface area contributed by atoms with Crippen LogP contribution < -0.4 is 30.2 Å². The standard InChI is InChI=1S/C21H23N3O4.C11H11ClO3.C10H13N3O.CH4/c1-4-15-16(10-11-17-18(15)27-13-12-26-17)20(25)22-24-19(23-28-21(24,2)3)14-8-6-5-7-9-14;1-2-7-8(11(12)13)3-4-9-10(7)15-6-5-14-9;1-10(2)13(11)9(12-14-10)8-6-4-3-5-7-8;/h5-11H,4,12-13H2,1-3H3,(H,22,25);3-4H,2,5-6H2,1H3;3-7H,11H2,1-2H3;1H4. The van der Waals surface area contributed by atoms with E-state index in [0.717, 1.165) is 22.3 Å². The molecule has 0 unspecified atom stereocenters. The Morgan fingerprint density at radius 2 is 1.12 bits per heavy atom. The van der Waals surface area contributed by atoms with Gasteiger partial charge in [0.15, 0.2) is 34.7 Å². The number of nitrogens with zero attached hydrogens (tertiary/aromatic N) is 4. The second kappa shape index (κ2) is 18.5. The summed E-state index contributed by atoms with van der Waals surface area (Å²) in [6, 6.07) is 26.3. The number of carbonyl (C=O) groups excluding carboxylic acids is 2. The van der Waals surface area contributed by atoms with Gasteiger partial charge in [-0.05, 0) is 76.4 Å². The fourth-order valence-corrected chi connectivity index (χ4v) is 6.51. The molecule has 0 fully saturated rings. The second-order valence-corrected chi connectivity index (χ2v) is 14.3. The Kier molecular flexibility index (Phi) is 13.8. The minimum Gasteiger partial charge on any atom is -0.486 e. The SMILES string of the molecule is C.CC1(C)ON=C(c2ccccc2)N1N.CCc1c(C(=O)Cl)ccc2c1OCCO2.CCc1c(C(=O)NN2C(c3ccccc3)=NOC2(C)C)ccc2c1OCCO2. The van der Waals surface area contributed by atoms with E-state index in [-0.39, 0.29) is 13.3 Å². The van der Waals surface area contributed by atoms with Gasteiger partial charge in [0.05, 0.1) is 0 Å². The van der Waals surface area contributed by atoms with Crippen molar-refractivity contribution in [1.29, 1.82) is 0 Å². The largest absolute Gasteiger partial charge is 0.486 e. The summed E-state index contributed by atoms with van der Waals surface area (Å²) in [6.07, 6.45) is 1.34. The highest BCUT2D eigenvalue weighted by Crippen LogP contribution is 2.38. The number of oxime groups is 2. The van der Waals surface area contributed by atoms with Gasteiger partial charge in [-0.25, -0.2) is 15.9 Å². The fraction of sp³-hybridized carbons (Fsp3) is 0.349. The van der Waals surface area contributed by atoms with Crippen molar-refractivity contribution in [2.75, 3.05) is 26.4 Å². The van der Waals surface area contributed by atoms with Crippen LogP contribution in [-0.4, -0.2) is 70.7 Å². The maximum absolute atomic E-state index is 13.2. The van der Waals surface area contributed by atoms with E-state index in [1.54, 1.807) is 29.3 Å². The summed E-state index contributed by atoms with van der Waals surface area (Å²) in [5.74, 6) is 9.51. The number of benzene rings is 4. The molecule has 8 rings (SSSR count). The average Bonchev–Trinajstić information content (AvgIpc) is 3.68. The van der Waals surface area contributed by atoms with E-state index in [0.29, 0.717) is 85.1 Å². The number of amides is 1. The normalized spacial score (nSPS) is 16.3. The van der Waals surface area contributed by atoms with Crippen LogP contribution in [0.15, 0.2) is 95.2 Å². The number of fused-ring (bicyclic) bond motifs is 2. The summed E-state index contributed by atoms with van der Waals surface area (Å²) in [7, 11) is 0. The van der Waals surface area contributed by atoms with E-state index in [4.69, 9.17) is 46.1 Å². The van der Waals surface area contributed by atoms with E-state index in [1.165, 1.54) is 5.01 Å². The molecule has 3 N–H and O–H groups in total. The van der Waals surface area contributed by atoms with Gasteiger partial charge in [-0.1, -0.05) is 92.2 Å². The zero-order chi connectivity index (χ0) is 40.7. The van der Waals surface area contributed by atoms with E-state index in [2.05, 4.69) is 15.7 Å². The highest BCUT2D eigenvalue weighted by atomic mass is 35.5. The fourth-order valence-electron chi connectivity index (χ4n) is 6.33. The van der Waals surface area contributed by atoms with Crippen molar-refractivity contribution in [3.05, 3.63) is 118 Å². The first kappa shape index (κ1) is 43.1. The topological polar surface area (TPSA) is 159 Å². The molecule has 0 saturated carbocycles. The minimum atomic E-state index is -0.818. The molecule has 58 heavy (non-hydrogen) atoms. The molecule has 0 spiro atoms. The van der Waals surface area contributed by atoms with Crippen molar-refractivity contribution in [3.63, 3.8) is 0 Å². The molecule has 14 nitrogen and oxygen atoms in total. The third kappa shape index (κ3) is 9.24. The van der Waals surface area contributed by atoms with Crippen LogP contribution in [0.4, 0.5) is 0 Å². The predicted molar refractivity (Wildman–Crippen MR) is 222 cm³/mol. The van der Waals surface area contributed by atoms with Crippen LogP contribution in [0.5, 0.6) is 23.0 Å². The van der Waals surface area contributed by atoms with Crippen molar-refractivity contribution < 1.29 is 38.2 Å². The number of hydrogen-bond acceptors (Lipinski definition) is 13. The van der Waals surface area contributed by atoms with Crippen molar-refractivity contribution in [2.24, 2.45) is 16.2 Å². The third-order valence-electron chi connectivity index (χ3n) is 9.33. The number of amidine groups is 2. The molecule has 4 aromatic rings. The molecular weight excluding hydrogens is 764 g/mol. The first-order valence-corrected chi connectivity index (χ1v) is 19.1. The van der Waals surface area contributed by atoms with Gasteiger partial charge < -0.3 is 28.6 Å². The van der Waals surface area contributed by atoms with Crippen LogP contribution in [0.3, 0.4) is 0 Å². The van der Waals surface area contributed by atoms with Crippen LogP contribution in [-0.2, 0) is 22.5 Å². The van der Waals surface area contributed by atoms with Gasteiger partial charge in [-0.2, -0.15) is 0 Å². The molecule has 0 radical (unpaired) electrons. The Morgan fingerprint density at radius 1 is 0.672 bits per heavy atom. The van der Waals surface area contributed by atoms with Crippen LogP contribution >= 0.6 is 11.6 Å². The maximum Gasteiger partial charge on any atom is 0.270 e. The molecule has 4 heterocycles. The number of hydrazine groups is 2. The van der Waals surface area contributed by atoms with E-state index < -0.39 is 16.7 Å². The Morgan fingerprint density at radius 3 is 1.60 bits per heavy atom. The van der Waals surface area contributed by atoms with Gasteiger partial charge in [0.1, 0.15) is 26.4 Å². The Bertz CT molecular complexity index is 2150. The first-order valence-electron chi connectivity index (χ1n) is 18.7. The lowest BCUT2D eigenvalue weighted by Crippen LogP contribution is -2.54. The highest BCUT2D eigenvalue weighted by molar-refractivity contribution is 6.68. The molecule has 308 valence electrons. The maximum atomic E-state index is 13.2. The van der Waals surface area contributed by atoms with Gasteiger partial charge in [0.25, 0.3) is 11.1 Å². The van der Waals surface area contributed by atoms with Crippen molar-refractivity contribution in [3.8, 4) is 23.0 Å². The van der Waals surface area contributed by atoms with Crippen LogP contribution in [0.2, 0.25) is 0 Å². The molecule has 4 aromatic carbocycles. The molecule has 0 atom stereocenters. The molecule has 4 aliphatic heterocycles. The Labute approximate surface area is 344 Å². The number of nitrogens with one attached hydrogen (secondary N) is 1. The Balaban J connectivity index is 0.000000180. The summed E-state index contributed by atoms with van der Waals surface area (Å²) in [5.41, 5.74) is 6.08. The molecule has 0 aliphatic carbocycles. The quantitative estimate of drug-likeness (QED) is 0.141. The van der Waals surface area contributed by atoms with Crippen LogP contribution in [0.25, 0.3) is 0 Å². The van der Waals surface area contributed by atoms with Gasteiger partial charge in [-0.15, -0.1) is 0 Å². The van der Waals surface area contributed by atoms with Gasteiger partial charge in [0.2, 0.25) is 11.4 Å². The van der Waals surface area contributed by atoms with Crippen LogP contribution in [0, 0.1) is 0 Å². The summed E-state index contributed by atoms with van der Waals surface area (Å²) in [6.45, 7) is 13.4. The summed E-state index contributed by atoms with van der Waals surface area (Å²) < 4.78 is 22.3. The van der Waals surface area contributed by atoms with Crippen molar-refractivity contribution in [1.82, 2.24) is 15.4 Å². The zero-order valence-corrected chi connectivity index (χ0v) is 33.6. The minimum absolute atomic E-state index is 0. The van der Waals surface area contributed by atoms with Gasteiger partial charge >= 0.3 is 0 Å². The van der Waals surface area contributed by atoms with E-state index in [1.807, 2.05) is 102 Å². The number of carbonyl (C=O) groups is 2. The number of halogens is 1. The second-order valence-electron chi connectivity index (χ2n) is 14.0. The lowest BCUT2D eigenvalue weighted by molar-refractivity contribution is -0.0824. The lowest BCUT2D eigenvalue weighted by Gasteiger charge is -2.31. The molecule has 0 aromatic heterocycles. The van der Waals surface area contributed by atoms with E-state index in [9.17, 15) is 9.59 Å². The molecule has 1 amide bonds. The smallest absolute Gasteiger partial charge is 0.270 e. The highest BCUT2D eigenvalue weighted by Gasteiger charge is 2.40. The molecule has 15 heteroatoms. The number of hydrogen-bond donors (Lipinski definition) is 2. The number of nitrogens with two attached hydrogens (primary N) is 1. The Hall–Kier alpha value is -5.99. The summed E-state index contributed by atoms with van der Waals surface area (Å²) in [5, 5.41) is 10.9. The zero-order valence-electron chi connectivity index (χ0n) is 32.8. The summed E-state index contributed by atoms with van der Waals surface area (Å²) >= 11 is 5.49. The van der Waals surface area contributed by atoms with Gasteiger partial charge in [0, 0.05) is 33.4 Å². The van der Waals surface area contributed by atoms with Crippen molar-refractivity contribution in [2.45, 2.75) is 73.3 Å². The molecule has 0 saturated heterocycles. The number of ether oxygens (including phenoxy) is 4. The van der Waals surface area contributed by atoms with Gasteiger partial charge in [-0.3, -0.25) is 15.0 Å². The third-order valence-corrected chi connectivity index (χ3v) is 9.54. The first-order chi connectivity index (χ1) is 27.4. The molecular formula is C43H51ClN6O8. The lowest BCUT2D eigenvalue weighted by atomic mass is 10.0. The van der Waals surface area contributed by atoms with E-state index >= 15 is 0 Å². The van der Waals surface area contributed by atoms with Crippen LogP contribution in [0.1, 0.15) is 91.9 Å². The van der Waals surface area contributed by atoms with Crippen molar-refractivity contribution >= 4 is 34.4 Å².